The number of nitrogens with zero attached hydrogens (tertiary/aromatic N) is 2. The van der Waals surface area contributed by atoms with Crippen molar-refractivity contribution in [2.45, 2.75) is 6.54 Å². The van der Waals surface area contributed by atoms with Crippen molar-refractivity contribution >= 4 is 33.8 Å². The molecule has 0 atom stereocenters. The molecule has 3 rings (SSSR count). The van der Waals surface area contributed by atoms with Gasteiger partial charge in [-0.1, -0.05) is 23.7 Å². The number of benzene rings is 2. The maximum absolute atomic E-state index is 10.7. The highest BCUT2D eigenvalue weighted by Gasteiger charge is 2.08. The van der Waals surface area contributed by atoms with Crippen LogP contribution < -0.4 is 5.32 Å². The highest BCUT2D eigenvalue weighted by atomic mass is 35.5. The number of nitro groups is 1. The Hall–Kier alpha value is -2.44. The van der Waals surface area contributed by atoms with Gasteiger partial charge in [0.15, 0.2) is 5.13 Å². The number of halogens is 1. The molecule has 7 heteroatoms. The second-order valence-corrected chi connectivity index (χ2v) is 6.12. The van der Waals surface area contributed by atoms with Gasteiger partial charge in [-0.15, -0.1) is 11.3 Å². The summed E-state index contributed by atoms with van der Waals surface area (Å²) < 4.78 is 0. The minimum absolute atomic E-state index is 0.0741. The second-order valence-electron chi connectivity index (χ2n) is 4.82. The number of aromatic nitrogens is 1. The summed E-state index contributed by atoms with van der Waals surface area (Å²) in [5.74, 6) is 0. The number of thiazole rings is 1. The Balaban J connectivity index is 1.67. The van der Waals surface area contributed by atoms with Crippen LogP contribution in [0, 0.1) is 10.1 Å². The molecule has 0 aliphatic heterocycles. The molecular weight excluding hydrogens is 334 g/mol. The molecule has 0 aliphatic carbocycles. The van der Waals surface area contributed by atoms with Crippen LogP contribution in [0.15, 0.2) is 53.9 Å². The Kier molecular flexibility index (Phi) is 4.55. The van der Waals surface area contributed by atoms with Crippen LogP contribution in [0.4, 0.5) is 10.8 Å². The van der Waals surface area contributed by atoms with E-state index in [1.165, 1.54) is 23.5 Å². The van der Waals surface area contributed by atoms with Crippen molar-refractivity contribution in [2.75, 3.05) is 5.32 Å². The minimum Gasteiger partial charge on any atom is -0.357 e. The third kappa shape index (κ3) is 3.85. The molecule has 0 amide bonds. The lowest BCUT2D eigenvalue weighted by atomic mass is 10.1. The molecule has 0 aliphatic rings. The quantitative estimate of drug-likeness (QED) is 0.522. The second kappa shape index (κ2) is 6.76. The van der Waals surface area contributed by atoms with Crippen molar-refractivity contribution in [3.63, 3.8) is 0 Å². The number of hydrogen-bond acceptors (Lipinski definition) is 5. The molecule has 3 aromatic rings. The van der Waals surface area contributed by atoms with Gasteiger partial charge in [0.05, 0.1) is 10.6 Å². The van der Waals surface area contributed by atoms with Crippen molar-refractivity contribution in [1.29, 1.82) is 0 Å². The minimum atomic E-state index is -0.413. The van der Waals surface area contributed by atoms with Gasteiger partial charge >= 0.3 is 0 Å². The highest BCUT2D eigenvalue weighted by Crippen LogP contribution is 2.26. The summed E-state index contributed by atoms with van der Waals surface area (Å²) in [6, 6.07) is 14.0. The van der Waals surface area contributed by atoms with Gasteiger partial charge in [-0.25, -0.2) is 4.98 Å². The number of anilines is 1. The fourth-order valence-electron chi connectivity index (χ4n) is 2.02. The van der Waals surface area contributed by atoms with E-state index in [1.54, 1.807) is 12.1 Å². The first-order valence-electron chi connectivity index (χ1n) is 6.80. The smallest absolute Gasteiger partial charge is 0.269 e. The molecule has 0 fully saturated rings. The molecule has 2 aromatic carbocycles. The zero-order chi connectivity index (χ0) is 16.2. The molecule has 0 saturated carbocycles. The SMILES string of the molecule is O=[N+]([O-])c1ccc(-c2csc(NCc3ccc(Cl)cc3)n2)cc1. The van der Waals surface area contributed by atoms with E-state index in [-0.39, 0.29) is 5.69 Å². The Bertz CT molecular complexity index is 816. The maximum Gasteiger partial charge on any atom is 0.269 e. The lowest BCUT2D eigenvalue weighted by Gasteiger charge is -2.02. The van der Waals surface area contributed by atoms with Crippen LogP contribution in [0.5, 0.6) is 0 Å². The van der Waals surface area contributed by atoms with Gasteiger partial charge in [0.25, 0.3) is 5.69 Å². The molecule has 5 nitrogen and oxygen atoms in total. The van der Waals surface area contributed by atoms with Crippen LogP contribution in [0.1, 0.15) is 5.56 Å². The first kappa shape index (κ1) is 15.5. The zero-order valence-electron chi connectivity index (χ0n) is 11.9. The summed E-state index contributed by atoms with van der Waals surface area (Å²) in [7, 11) is 0. The number of non-ortho nitro benzene ring substituents is 1. The van der Waals surface area contributed by atoms with E-state index >= 15 is 0 Å². The first-order chi connectivity index (χ1) is 11.1. The van der Waals surface area contributed by atoms with Gasteiger partial charge in [0.1, 0.15) is 0 Å². The summed E-state index contributed by atoms with van der Waals surface area (Å²) in [6.45, 7) is 0.657. The lowest BCUT2D eigenvalue weighted by molar-refractivity contribution is -0.384. The predicted molar refractivity (Wildman–Crippen MR) is 93.0 cm³/mol. The van der Waals surface area contributed by atoms with E-state index < -0.39 is 4.92 Å². The fraction of sp³-hybridized carbons (Fsp3) is 0.0625. The monoisotopic (exact) mass is 345 g/mol. The van der Waals surface area contributed by atoms with Crippen LogP contribution >= 0.6 is 22.9 Å². The third-order valence-electron chi connectivity index (χ3n) is 3.24. The lowest BCUT2D eigenvalue weighted by Crippen LogP contribution is -1.98. The van der Waals surface area contributed by atoms with E-state index in [4.69, 9.17) is 11.6 Å². The van der Waals surface area contributed by atoms with Crippen molar-refractivity contribution < 1.29 is 4.92 Å². The maximum atomic E-state index is 10.7. The molecule has 0 bridgehead atoms. The first-order valence-corrected chi connectivity index (χ1v) is 8.06. The van der Waals surface area contributed by atoms with E-state index in [0.717, 1.165) is 22.0 Å². The average Bonchev–Trinajstić information content (AvgIpc) is 3.03. The van der Waals surface area contributed by atoms with Crippen LogP contribution in [0.3, 0.4) is 0 Å². The third-order valence-corrected chi connectivity index (χ3v) is 4.29. The largest absolute Gasteiger partial charge is 0.357 e. The van der Waals surface area contributed by atoms with Crippen LogP contribution in [-0.2, 0) is 6.54 Å². The van der Waals surface area contributed by atoms with Crippen molar-refractivity contribution in [2.24, 2.45) is 0 Å². The Morgan fingerprint density at radius 3 is 2.48 bits per heavy atom. The number of rotatable bonds is 5. The molecule has 1 N–H and O–H groups in total. The van der Waals surface area contributed by atoms with Gasteiger partial charge in [0, 0.05) is 34.6 Å². The van der Waals surface area contributed by atoms with E-state index in [1.807, 2.05) is 29.6 Å². The van der Waals surface area contributed by atoms with Crippen molar-refractivity contribution in [1.82, 2.24) is 4.98 Å². The van der Waals surface area contributed by atoms with E-state index in [0.29, 0.717) is 11.6 Å². The summed E-state index contributed by atoms with van der Waals surface area (Å²) in [4.78, 5) is 14.8. The summed E-state index contributed by atoms with van der Waals surface area (Å²) in [5, 5.41) is 17.4. The molecule has 116 valence electrons. The Morgan fingerprint density at radius 2 is 1.83 bits per heavy atom. The van der Waals surface area contributed by atoms with Crippen LogP contribution in [-0.4, -0.2) is 9.91 Å². The summed E-state index contributed by atoms with van der Waals surface area (Å²) >= 11 is 7.35. The van der Waals surface area contributed by atoms with Gasteiger partial charge < -0.3 is 5.32 Å². The number of hydrogen-bond donors (Lipinski definition) is 1. The molecule has 0 saturated heterocycles. The summed E-state index contributed by atoms with van der Waals surface area (Å²) in [5.41, 5.74) is 2.83. The van der Waals surface area contributed by atoms with Gasteiger partial charge in [-0.05, 0) is 29.8 Å². The molecule has 0 spiro atoms. The van der Waals surface area contributed by atoms with Crippen molar-refractivity contribution in [3.05, 3.63) is 74.6 Å². The van der Waals surface area contributed by atoms with Gasteiger partial charge in [-0.3, -0.25) is 10.1 Å². The van der Waals surface area contributed by atoms with Gasteiger partial charge in [-0.2, -0.15) is 0 Å². The molecule has 0 radical (unpaired) electrons. The summed E-state index contributed by atoms with van der Waals surface area (Å²) in [6.07, 6.45) is 0. The van der Waals surface area contributed by atoms with Crippen molar-refractivity contribution in [3.8, 4) is 11.3 Å². The average molecular weight is 346 g/mol. The standard InChI is InChI=1S/C16H12ClN3O2S/c17-13-5-1-11(2-6-13)9-18-16-19-15(10-23-16)12-3-7-14(8-4-12)20(21)22/h1-8,10H,9H2,(H,18,19). The van der Waals surface area contributed by atoms with Crippen LogP contribution in [0.2, 0.25) is 5.02 Å². The topological polar surface area (TPSA) is 68.1 Å². The fourth-order valence-corrected chi connectivity index (χ4v) is 2.87. The van der Waals surface area contributed by atoms with E-state index in [9.17, 15) is 10.1 Å². The molecule has 1 heterocycles. The Morgan fingerprint density at radius 1 is 1.13 bits per heavy atom. The normalized spacial score (nSPS) is 10.5. The highest BCUT2D eigenvalue weighted by molar-refractivity contribution is 7.14. The number of nitro benzene ring substituents is 1. The van der Waals surface area contributed by atoms with Gasteiger partial charge in [0.2, 0.25) is 0 Å². The van der Waals surface area contributed by atoms with E-state index in [2.05, 4.69) is 10.3 Å². The zero-order valence-corrected chi connectivity index (χ0v) is 13.5. The Labute approximate surface area is 141 Å². The predicted octanol–water partition coefficient (Wildman–Crippen LogP) is 4.98. The molecule has 23 heavy (non-hydrogen) atoms. The van der Waals surface area contributed by atoms with Crippen LogP contribution in [0.25, 0.3) is 11.3 Å². The molecule has 0 unspecified atom stereocenters. The molecule has 1 aromatic heterocycles. The number of nitrogens with one attached hydrogen (secondary N) is 1. The molecular formula is C16H12ClN3O2S.